The second-order valence-corrected chi connectivity index (χ2v) is 4.50. The molecule has 4 heteroatoms. The standard InChI is InChI=1S/C13H19N3O/c1-16(13(14)17)12-7-3-2-6-11(12)10-5-4-8-15-9-10/h2-3,6-7,10,15H,4-5,8-9H2,1H3,(H2,14,17). The van der Waals surface area contributed by atoms with Gasteiger partial charge in [0.25, 0.3) is 0 Å². The Labute approximate surface area is 102 Å². The van der Waals surface area contributed by atoms with E-state index in [1.807, 2.05) is 18.2 Å². The van der Waals surface area contributed by atoms with Gasteiger partial charge in [0.2, 0.25) is 0 Å². The number of hydrogen-bond acceptors (Lipinski definition) is 2. The Hall–Kier alpha value is -1.55. The van der Waals surface area contributed by atoms with Crippen molar-refractivity contribution in [1.29, 1.82) is 0 Å². The molecule has 2 amide bonds. The van der Waals surface area contributed by atoms with Crippen LogP contribution in [0.2, 0.25) is 0 Å². The first-order chi connectivity index (χ1) is 8.20. The highest BCUT2D eigenvalue weighted by atomic mass is 16.2. The molecule has 1 aromatic rings. The van der Waals surface area contributed by atoms with Crippen LogP contribution in [0.5, 0.6) is 0 Å². The molecule has 0 aliphatic carbocycles. The lowest BCUT2D eigenvalue weighted by atomic mass is 9.90. The van der Waals surface area contributed by atoms with Crippen LogP contribution in [0.25, 0.3) is 0 Å². The van der Waals surface area contributed by atoms with Crippen molar-refractivity contribution < 1.29 is 4.79 Å². The number of carbonyl (C=O) groups is 1. The number of carbonyl (C=O) groups excluding carboxylic acids is 1. The van der Waals surface area contributed by atoms with E-state index in [9.17, 15) is 4.79 Å². The van der Waals surface area contributed by atoms with Gasteiger partial charge in [-0.1, -0.05) is 18.2 Å². The average molecular weight is 233 g/mol. The molecule has 1 fully saturated rings. The highest BCUT2D eigenvalue weighted by molar-refractivity contribution is 5.91. The van der Waals surface area contributed by atoms with Crippen molar-refractivity contribution in [3.8, 4) is 0 Å². The van der Waals surface area contributed by atoms with Crippen LogP contribution < -0.4 is 16.0 Å². The normalized spacial score (nSPS) is 19.9. The maximum absolute atomic E-state index is 11.3. The number of nitrogens with one attached hydrogen (secondary N) is 1. The molecule has 1 heterocycles. The second kappa shape index (κ2) is 5.19. The first-order valence-corrected chi connectivity index (χ1v) is 6.03. The van der Waals surface area contributed by atoms with Crippen LogP contribution in [0.3, 0.4) is 0 Å². The van der Waals surface area contributed by atoms with Gasteiger partial charge in [-0.05, 0) is 36.9 Å². The molecule has 1 aliphatic rings. The molecule has 1 aromatic carbocycles. The van der Waals surface area contributed by atoms with E-state index in [1.54, 1.807) is 7.05 Å². The molecular formula is C13H19N3O. The number of piperidine rings is 1. The first-order valence-electron chi connectivity index (χ1n) is 6.03. The zero-order chi connectivity index (χ0) is 12.3. The number of amides is 2. The van der Waals surface area contributed by atoms with Gasteiger partial charge in [0.05, 0.1) is 0 Å². The molecule has 0 radical (unpaired) electrons. The Morgan fingerprint density at radius 1 is 1.47 bits per heavy atom. The van der Waals surface area contributed by atoms with Crippen LogP contribution in [0.15, 0.2) is 24.3 Å². The zero-order valence-corrected chi connectivity index (χ0v) is 10.1. The van der Waals surface area contributed by atoms with E-state index in [1.165, 1.54) is 16.9 Å². The molecule has 0 aromatic heterocycles. The van der Waals surface area contributed by atoms with Crippen molar-refractivity contribution >= 4 is 11.7 Å². The van der Waals surface area contributed by atoms with Crippen LogP contribution in [0.1, 0.15) is 24.3 Å². The minimum absolute atomic E-state index is 0.416. The minimum Gasteiger partial charge on any atom is -0.351 e. The van der Waals surface area contributed by atoms with Crippen LogP contribution in [-0.4, -0.2) is 26.2 Å². The number of rotatable bonds is 2. The zero-order valence-electron chi connectivity index (χ0n) is 10.1. The molecule has 0 spiro atoms. The van der Waals surface area contributed by atoms with E-state index < -0.39 is 6.03 Å². The minimum atomic E-state index is -0.416. The SMILES string of the molecule is CN(C(N)=O)c1ccccc1C1CCCNC1. The maximum atomic E-state index is 11.3. The lowest BCUT2D eigenvalue weighted by Gasteiger charge is -2.27. The Balaban J connectivity index is 2.29. The molecular weight excluding hydrogens is 214 g/mol. The van der Waals surface area contributed by atoms with Gasteiger partial charge in [0, 0.05) is 19.3 Å². The van der Waals surface area contributed by atoms with Crippen molar-refractivity contribution in [3.63, 3.8) is 0 Å². The quantitative estimate of drug-likeness (QED) is 0.816. The maximum Gasteiger partial charge on any atom is 0.319 e. The Morgan fingerprint density at radius 2 is 2.24 bits per heavy atom. The molecule has 3 N–H and O–H groups in total. The fraction of sp³-hybridized carbons (Fsp3) is 0.462. The van der Waals surface area contributed by atoms with Gasteiger partial charge in [0.15, 0.2) is 0 Å². The summed E-state index contributed by atoms with van der Waals surface area (Å²) >= 11 is 0. The number of hydrogen-bond donors (Lipinski definition) is 2. The lowest BCUT2D eigenvalue weighted by molar-refractivity contribution is 0.255. The van der Waals surface area contributed by atoms with Crippen LogP contribution >= 0.6 is 0 Å². The third-order valence-electron chi connectivity index (χ3n) is 3.37. The third-order valence-corrected chi connectivity index (χ3v) is 3.37. The summed E-state index contributed by atoms with van der Waals surface area (Å²) in [6.07, 6.45) is 2.34. The van der Waals surface area contributed by atoms with Crippen molar-refractivity contribution in [2.75, 3.05) is 25.0 Å². The fourth-order valence-corrected chi connectivity index (χ4v) is 2.37. The van der Waals surface area contributed by atoms with E-state index in [4.69, 9.17) is 5.73 Å². The average Bonchev–Trinajstić information content (AvgIpc) is 2.39. The molecule has 1 saturated heterocycles. The van der Waals surface area contributed by atoms with Gasteiger partial charge >= 0.3 is 6.03 Å². The number of nitrogens with zero attached hydrogens (tertiary/aromatic N) is 1. The van der Waals surface area contributed by atoms with Crippen molar-refractivity contribution in [3.05, 3.63) is 29.8 Å². The fourth-order valence-electron chi connectivity index (χ4n) is 2.37. The number of primary amides is 1. The largest absolute Gasteiger partial charge is 0.351 e. The number of urea groups is 1. The van der Waals surface area contributed by atoms with Gasteiger partial charge in [-0.15, -0.1) is 0 Å². The van der Waals surface area contributed by atoms with Crippen LogP contribution in [-0.2, 0) is 0 Å². The monoisotopic (exact) mass is 233 g/mol. The topological polar surface area (TPSA) is 58.4 Å². The molecule has 4 nitrogen and oxygen atoms in total. The van der Waals surface area contributed by atoms with E-state index in [-0.39, 0.29) is 0 Å². The molecule has 1 atom stereocenters. The first kappa shape index (κ1) is 11.9. The summed E-state index contributed by atoms with van der Waals surface area (Å²) < 4.78 is 0. The van der Waals surface area contributed by atoms with E-state index in [0.29, 0.717) is 5.92 Å². The number of para-hydroxylation sites is 1. The summed E-state index contributed by atoms with van der Waals surface area (Å²) in [7, 11) is 1.72. The van der Waals surface area contributed by atoms with Crippen molar-refractivity contribution in [2.24, 2.45) is 5.73 Å². The Morgan fingerprint density at radius 3 is 2.88 bits per heavy atom. The summed E-state index contributed by atoms with van der Waals surface area (Å²) in [5, 5.41) is 3.39. The van der Waals surface area contributed by atoms with E-state index in [2.05, 4.69) is 11.4 Å². The summed E-state index contributed by atoms with van der Waals surface area (Å²) in [4.78, 5) is 12.8. The summed E-state index contributed by atoms with van der Waals surface area (Å²) in [5.41, 5.74) is 7.47. The summed E-state index contributed by atoms with van der Waals surface area (Å²) in [6.45, 7) is 2.06. The smallest absolute Gasteiger partial charge is 0.319 e. The van der Waals surface area contributed by atoms with Gasteiger partial charge in [-0.2, -0.15) is 0 Å². The molecule has 1 unspecified atom stereocenters. The summed E-state index contributed by atoms with van der Waals surface area (Å²) in [5.74, 6) is 0.474. The molecule has 0 saturated carbocycles. The number of benzene rings is 1. The van der Waals surface area contributed by atoms with Crippen LogP contribution in [0.4, 0.5) is 10.5 Å². The second-order valence-electron chi connectivity index (χ2n) is 4.50. The molecule has 2 rings (SSSR count). The lowest BCUT2D eigenvalue weighted by Crippen LogP contribution is -2.34. The Kier molecular flexibility index (Phi) is 3.64. The van der Waals surface area contributed by atoms with Crippen LogP contribution in [0, 0.1) is 0 Å². The predicted molar refractivity (Wildman–Crippen MR) is 69.3 cm³/mol. The highest BCUT2D eigenvalue weighted by Crippen LogP contribution is 2.31. The van der Waals surface area contributed by atoms with Gasteiger partial charge in [-0.3, -0.25) is 4.90 Å². The number of anilines is 1. The highest BCUT2D eigenvalue weighted by Gasteiger charge is 2.20. The molecule has 92 valence electrons. The van der Waals surface area contributed by atoms with Gasteiger partial charge < -0.3 is 11.1 Å². The van der Waals surface area contributed by atoms with E-state index in [0.717, 1.165) is 25.2 Å². The number of nitrogens with two attached hydrogens (primary N) is 1. The van der Waals surface area contributed by atoms with E-state index >= 15 is 0 Å². The molecule has 1 aliphatic heterocycles. The van der Waals surface area contributed by atoms with Gasteiger partial charge in [0.1, 0.15) is 0 Å². The summed E-state index contributed by atoms with van der Waals surface area (Å²) in [6, 6.07) is 7.58. The molecule has 17 heavy (non-hydrogen) atoms. The van der Waals surface area contributed by atoms with Crippen molar-refractivity contribution in [1.82, 2.24) is 5.32 Å². The van der Waals surface area contributed by atoms with Crippen molar-refractivity contribution in [2.45, 2.75) is 18.8 Å². The third kappa shape index (κ3) is 2.58. The molecule has 0 bridgehead atoms. The Bertz CT molecular complexity index is 399. The van der Waals surface area contributed by atoms with Gasteiger partial charge in [-0.25, -0.2) is 4.79 Å². The predicted octanol–water partition coefficient (Wildman–Crippen LogP) is 1.67.